The highest BCUT2D eigenvalue weighted by molar-refractivity contribution is 4.92. The van der Waals surface area contributed by atoms with Crippen molar-refractivity contribution in [3.8, 4) is 0 Å². The molecule has 0 saturated carbocycles. The number of hydrogen-bond acceptors (Lipinski definition) is 6. The molecule has 1 fully saturated rings. The first-order valence-corrected chi connectivity index (χ1v) is 4.90. The van der Waals surface area contributed by atoms with Crippen molar-refractivity contribution in [1.82, 2.24) is 9.55 Å². The summed E-state index contributed by atoms with van der Waals surface area (Å²) in [5, 5.41) is 28.2. The molecule has 0 aliphatic carbocycles. The summed E-state index contributed by atoms with van der Waals surface area (Å²) >= 11 is 0. The van der Waals surface area contributed by atoms with Crippen LogP contribution in [-0.2, 0) is 4.74 Å². The number of nitrogens with zero attached hydrogens (tertiary/aromatic N) is 1. The molecule has 1 aromatic rings. The van der Waals surface area contributed by atoms with Gasteiger partial charge in [-0.1, -0.05) is 0 Å². The van der Waals surface area contributed by atoms with E-state index in [1.165, 1.54) is 0 Å². The third-order valence-electron chi connectivity index (χ3n) is 2.56. The number of aliphatic hydroxyl groups excluding tert-OH is 3. The number of nitrogens with one attached hydrogen (secondary N) is 1. The largest absolute Gasteiger partial charge is 0.394 e. The Morgan fingerprint density at radius 3 is 2.71 bits per heavy atom. The first kappa shape index (κ1) is 10.7. The quantitative estimate of drug-likeness (QED) is 0.445. The Kier molecular flexibility index (Phi) is 2.77. The molecule has 2 rings (SSSR count). The monoisotopic (exact) mass is 246 g/mol. The van der Waals surface area contributed by atoms with Crippen LogP contribution in [0.4, 0.5) is 0 Å². The molecule has 1 aliphatic heterocycles. The van der Waals surface area contributed by atoms with E-state index in [1.807, 2.05) is 4.98 Å². The average molecular weight is 246 g/mol. The van der Waals surface area contributed by atoms with E-state index in [1.54, 1.807) is 0 Å². The lowest BCUT2D eigenvalue weighted by molar-refractivity contribution is -0.0550. The summed E-state index contributed by atoms with van der Waals surface area (Å²) in [6, 6.07) is 0.843. The van der Waals surface area contributed by atoms with Gasteiger partial charge in [0.1, 0.15) is 18.3 Å². The number of aromatic amines is 1. The Balaban J connectivity index is 2.45. The summed E-state index contributed by atoms with van der Waals surface area (Å²) in [4.78, 5) is 24.4. The predicted octanol–water partition coefficient (Wildman–Crippen LogP) is -2.85. The third-order valence-corrected chi connectivity index (χ3v) is 2.56. The molecule has 8 heteroatoms. The van der Waals surface area contributed by atoms with Gasteiger partial charge in [-0.2, -0.15) is 0 Å². The van der Waals surface area contributed by atoms with Crippen LogP contribution in [0, 0.1) is 0 Å². The van der Waals surface area contributed by atoms with Gasteiger partial charge >= 0.3 is 5.69 Å². The summed E-state index contributed by atoms with van der Waals surface area (Å²) in [5.41, 5.74) is -1.67. The van der Waals surface area contributed by atoms with E-state index in [9.17, 15) is 19.8 Å². The molecule has 17 heavy (non-hydrogen) atoms. The molecular formula is C9H12N2O6. The third kappa shape index (κ3) is 2.03. The number of rotatable bonds is 2. The Hall–Kier alpha value is -1.48. The molecule has 0 spiro atoms. The topological polar surface area (TPSA) is 125 Å². The van der Waals surface area contributed by atoms with E-state index >= 15 is 0 Å². The maximum atomic E-state index is 11.5. The molecule has 94 valence electrons. The van der Waals surface area contributed by atoms with Crippen LogP contribution in [0.5, 0.6) is 0 Å². The summed E-state index contributed by atoms with van der Waals surface area (Å²) in [7, 11) is 0. The summed E-state index contributed by atoms with van der Waals surface area (Å²) in [5.74, 6) is 0. The lowest BCUT2D eigenvalue weighted by Gasteiger charge is -2.16. The van der Waals surface area contributed by atoms with Gasteiger partial charge in [0.25, 0.3) is 5.56 Å². The van der Waals surface area contributed by atoms with E-state index < -0.39 is 48.6 Å². The van der Waals surface area contributed by atoms with Gasteiger partial charge in [-0.25, -0.2) is 4.79 Å². The van der Waals surface area contributed by atoms with Crippen molar-refractivity contribution in [3.05, 3.63) is 33.1 Å². The van der Waals surface area contributed by atoms with Crippen molar-refractivity contribution in [3.63, 3.8) is 0 Å². The van der Waals surface area contributed by atoms with Gasteiger partial charge in [-0.15, -0.1) is 0 Å². The van der Waals surface area contributed by atoms with E-state index in [2.05, 4.69) is 0 Å². The van der Waals surface area contributed by atoms with Crippen LogP contribution >= 0.6 is 0 Å². The zero-order chi connectivity index (χ0) is 13.4. The molecule has 4 atom stereocenters. The Bertz CT molecular complexity index is 555. The second kappa shape index (κ2) is 4.41. The standard InChI is InChI=1S/C9H12N2O6/c12-3-4-6(14)7(15)8(17-4)11-2-1-5(13)10-9(11)16/h1-2,4,6-8,12,14-15H,3H2,(H,10,13,16)/t4-,6+,7-,8-/m1/s1/i2T. The number of H-pyrrole nitrogens is 1. The average Bonchev–Trinajstić information content (AvgIpc) is 2.56. The summed E-state index contributed by atoms with van der Waals surface area (Å²) < 4.78 is 13.3. The molecule has 0 radical (unpaired) electrons. The molecule has 1 aliphatic rings. The van der Waals surface area contributed by atoms with Gasteiger partial charge in [-0.3, -0.25) is 14.3 Å². The lowest BCUT2D eigenvalue weighted by atomic mass is 10.1. The second-order valence-corrected chi connectivity index (χ2v) is 3.67. The van der Waals surface area contributed by atoms with Gasteiger partial charge in [0.2, 0.25) is 0 Å². The van der Waals surface area contributed by atoms with Crippen molar-refractivity contribution in [2.24, 2.45) is 0 Å². The van der Waals surface area contributed by atoms with Gasteiger partial charge in [0, 0.05) is 12.2 Å². The number of aliphatic hydroxyl groups is 3. The highest BCUT2D eigenvalue weighted by atomic mass is 16.6. The fourth-order valence-corrected chi connectivity index (χ4v) is 1.67. The smallest absolute Gasteiger partial charge is 0.330 e. The van der Waals surface area contributed by atoms with E-state index in [0.717, 1.165) is 6.07 Å². The minimum atomic E-state index is -1.48. The highest BCUT2D eigenvalue weighted by Gasteiger charge is 2.43. The fourth-order valence-electron chi connectivity index (χ4n) is 1.67. The van der Waals surface area contributed by atoms with Gasteiger partial charge in [0.05, 0.1) is 7.98 Å². The first-order chi connectivity index (χ1) is 8.45. The van der Waals surface area contributed by atoms with Crippen molar-refractivity contribution in [2.75, 3.05) is 6.61 Å². The van der Waals surface area contributed by atoms with E-state index in [-0.39, 0.29) is 0 Å². The Labute approximate surface area is 96.1 Å². The van der Waals surface area contributed by atoms with E-state index in [4.69, 9.17) is 11.2 Å². The maximum Gasteiger partial charge on any atom is 0.330 e. The van der Waals surface area contributed by atoms with Crippen LogP contribution in [0.1, 0.15) is 7.60 Å². The molecule has 0 aromatic carbocycles. The highest BCUT2D eigenvalue weighted by Crippen LogP contribution is 2.27. The van der Waals surface area contributed by atoms with Crippen molar-refractivity contribution in [2.45, 2.75) is 24.5 Å². The minimum absolute atomic E-state index is 0.460. The molecule has 0 unspecified atom stereocenters. The Morgan fingerprint density at radius 1 is 1.47 bits per heavy atom. The molecule has 0 amide bonds. The Morgan fingerprint density at radius 2 is 2.18 bits per heavy atom. The normalized spacial score (nSPS) is 33.7. The molecule has 1 aromatic heterocycles. The maximum absolute atomic E-state index is 11.5. The van der Waals surface area contributed by atoms with Crippen molar-refractivity contribution in [1.29, 1.82) is 0 Å². The van der Waals surface area contributed by atoms with Crippen LogP contribution in [0.15, 0.2) is 21.8 Å². The molecule has 8 nitrogen and oxygen atoms in total. The van der Waals surface area contributed by atoms with Crippen molar-refractivity contribution < 1.29 is 21.4 Å². The van der Waals surface area contributed by atoms with Crippen LogP contribution in [0.3, 0.4) is 0 Å². The fraction of sp³-hybridized carbons (Fsp3) is 0.556. The zero-order valence-corrected chi connectivity index (χ0v) is 8.61. The van der Waals surface area contributed by atoms with Gasteiger partial charge < -0.3 is 20.1 Å². The van der Waals surface area contributed by atoms with Crippen molar-refractivity contribution >= 4 is 0 Å². The van der Waals surface area contributed by atoms with Crippen LogP contribution in [-0.4, -0.2) is 49.8 Å². The first-order valence-electron chi connectivity index (χ1n) is 5.40. The number of ether oxygens (including phenoxy) is 1. The van der Waals surface area contributed by atoms with Crippen LogP contribution < -0.4 is 11.2 Å². The lowest BCUT2D eigenvalue weighted by Crippen LogP contribution is -2.37. The predicted molar refractivity (Wildman–Crippen MR) is 54.3 cm³/mol. The SMILES string of the molecule is [3H]c1cc(=O)[nH]c(=O)n1[C@@H]1O[C@H](CO)[C@H](O)[C@H]1O. The van der Waals surface area contributed by atoms with Gasteiger partial charge in [-0.05, 0) is 0 Å². The zero-order valence-electron chi connectivity index (χ0n) is 9.61. The van der Waals surface area contributed by atoms with E-state index in [0.29, 0.717) is 4.57 Å². The molecule has 1 saturated heterocycles. The second-order valence-electron chi connectivity index (χ2n) is 3.67. The minimum Gasteiger partial charge on any atom is -0.394 e. The van der Waals surface area contributed by atoms with Crippen LogP contribution in [0.25, 0.3) is 0 Å². The number of hydrogen-bond donors (Lipinski definition) is 4. The number of aromatic nitrogens is 2. The molecule has 0 bridgehead atoms. The molecule has 2 heterocycles. The van der Waals surface area contributed by atoms with Crippen LogP contribution in [0.2, 0.25) is 0 Å². The summed E-state index contributed by atoms with van der Waals surface area (Å²) in [6.07, 6.45) is -5.69. The molecular weight excluding hydrogens is 232 g/mol. The summed E-state index contributed by atoms with van der Waals surface area (Å²) in [6.45, 7) is -0.542. The van der Waals surface area contributed by atoms with Gasteiger partial charge in [0.15, 0.2) is 6.23 Å². The molecule has 4 N–H and O–H groups in total.